The first-order chi connectivity index (χ1) is 9.87. The van der Waals surface area contributed by atoms with Crippen LogP contribution in [-0.4, -0.2) is 44.5 Å². The predicted octanol–water partition coefficient (Wildman–Crippen LogP) is 1.65. The summed E-state index contributed by atoms with van der Waals surface area (Å²) in [4.78, 5) is 14.5. The number of amides is 1. The highest BCUT2D eigenvalue weighted by atomic mass is 16.1. The third-order valence-corrected chi connectivity index (χ3v) is 3.83. The van der Waals surface area contributed by atoms with E-state index in [1.165, 1.54) is 11.1 Å². The van der Waals surface area contributed by atoms with Crippen LogP contribution in [0, 0.1) is 5.41 Å². The van der Waals surface area contributed by atoms with Crippen molar-refractivity contribution in [2.75, 3.05) is 33.7 Å². The fraction of sp³-hybridized carbons (Fsp3) is 0.588. The summed E-state index contributed by atoms with van der Waals surface area (Å²) in [6, 6.07) is 6.06. The molecule has 0 atom stereocenters. The average Bonchev–Trinajstić information content (AvgIpc) is 2.43. The molecule has 1 aromatic carbocycles. The standard InChI is InChI=1S/C17H27N3O/c1-17(2,12-20(3)4)11-19-16(21)14-6-5-13-7-8-18-10-15(13)9-14/h5-6,9,18H,7-8,10-12H2,1-4H3,(H,19,21). The first-order valence-corrected chi connectivity index (χ1v) is 7.63. The number of hydrogen-bond acceptors (Lipinski definition) is 3. The molecule has 1 aromatic rings. The van der Waals surface area contributed by atoms with E-state index in [-0.39, 0.29) is 11.3 Å². The van der Waals surface area contributed by atoms with Crippen molar-refractivity contribution in [3.63, 3.8) is 0 Å². The smallest absolute Gasteiger partial charge is 0.251 e. The molecular weight excluding hydrogens is 262 g/mol. The van der Waals surface area contributed by atoms with Crippen molar-refractivity contribution in [3.05, 3.63) is 34.9 Å². The summed E-state index contributed by atoms with van der Waals surface area (Å²) in [7, 11) is 4.11. The van der Waals surface area contributed by atoms with Gasteiger partial charge in [0, 0.05) is 25.2 Å². The number of nitrogens with zero attached hydrogens (tertiary/aromatic N) is 1. The van der Waals surface area contributed by atoms with E-state index in [2.05, 4.69) is 49.5 Å². The van der Waals surface area contributed by atoms with Crippen LogP contribution in [0.25, 0.3) is 0 Å². The Kier molecular flexibility index (Phi) is 5.01. The fourth-order valence-corrected chi connectivity index (χ4v) is 2.96. The van der Waals surface area contributed by atoms with Gasteiger partial charge in [0.15, 0.2) is 0 Å². The maximum Gasteiger partial charge on any atom is 0.251 e. The van der Waals surface area contributed by atoms with Crippen LogP contribution >= 0.6 is 0 Å². The molecule has 0 fully saturated rings. The van der Waals surface area contributed by atoms with Gasteiger partial charge < -0.3 is 15.5 Å². The molecule has 4 nitrogen and oxygen atoms in total. The second kappa shape index (κ2) is 6.58. The first-order valence-electron chi connectivity index (χ1n) is 7.63. The van der Waals surface area contributed by atoms with Crippen molar-refractivity contribution < 1.29 is 4.79 Å². The molecule has 0 saturated carbocycles. The van der Waals surface area contributed by atoms with Gasteiger partial charge in [-0.2, -0.15) is 0 Å². The molecule has 21 heavy (non-hydrogen) atoms. The van der Waals surface area contributed by atoms with Crippen LogP contribution in [-0.2, 0) is 13.0 Å². The fourth-order valence-electron chi connectivity index (χ4n) is 2.96. The van der Waals surface area contributed by atoms with Gasteiger partial charge in [0.2, 0.25) is 0 Å². The zero-order valence-electron chi connectivity index (χ0n) is 13.6. The van der Waals surface area contributed by atoms with E-state index in [4.69, 9.17) is 0 Å². The minimum atomic E-state index is 0.0233. The summed E-state index contributed by atoms with van der Waals surface area (Å²) in [6.45, 7) is 7.86. The third kappa shape index (κ3) is 4.55. The minimum Gasteiger partial charge on any atom is -0.351 e. The average molecular weight is 289 g/mol. The van der Waals surface area contributed by atoms with Gasteiger partial charge in [-0.1, -0.05) is 19.9 Å². The van der Waals surface area contributed by atoms with E-state index in [9.17, 15) is 4.79 Å². The number of carbonyl (C=O) groups excluding carboxylic acids is 1. The molecule has 0 bridgehead atoms. The summed E-state index contributed by atoms with van der Waals surface area (Å²) in [5.41, 5.74) is 3.44. The number of rotatable bonds is 5. The summed E-state index contributed by atoms with van der Waals surface area (Å²) < 4.78 is 0. The van der Waals surface area contributed by atoms with Crippen molar-refractivity contribution in [1.29, 1.82) is 0 Å². The topological polar surface area (TPSA) is 44.4 Å². The van der Waals surface area contributed by atoms with E-state index in [0.717, 1.165) is 31.6 Å². The van der Waals surface area contributed by atoms with Crippen LogP contribution in [0.15, 0.2) is 18.2 Å². The second-order valence-electron chi connectivity index (χ2n) is 6.99. The molecule has 0 saturated heterocycles. The quantitative estimate of drug-likeness (QED) is 0.866. The molecule has 2 N–H and O–H groups in total. The van der Waals surface area contributed by atoms with Gasteiger partial charge in [0.1, 0.15) is 0 Å². The minimum absolute atomic E-state index is 0.0233. The lowest BCUT2D eigenvalue weighted by atomic mass is 9.92. The Hall–Kier alpha value is -1.39. The molecule has 0 spiro atoms. The Morgan fingerprint density at radius 2 is 2.10 bits per heavy atom. The van der Waals surface area contributed by atoms with Gasteiger partial charge in [-0.3, -0.25) is 4.79 Å². The third-order valence-electron chi connectivity index (χ3n) is 3.83. The highest BCUT2D eigenvalue weighted by molar-refractivity contribution is 5.94. The van der Waals surface area contributed by atoms with E-state index in [0.29, 0.717) is 6.54 Å². The molecule has 0 unspecified atom stereocenters. The van der Waals surface area contributed by atoms with E-state index >= 15 is 0 Å². The highest BCUT2D eigenvalue weighted by Gasteiger charge is 2.20. The van der Waals surface area contributed by atoms with Gasteiger partial charge in [-0.05, 0) is 55.7 Å². The molecule has 4 heteroatoms. The predicted molar refractivity (Wildman–Crippen MR) is 86.5 cm³/mol. The van der Waals surface area contributed by atoms with Gasteiger partial charge >= 0.3 is 0 Å². The van der Waals surface area contributed by atoms with Crippen molar-refractivity contribution in [1.82, 2.24) is 15.5 Å². The van der Waals surface area contributed by atoms with E-state index in [1.807, 2.05) is 12.1 Å². The molecular formula is C17H27N3O. The molecule has 0 aliphatic carbocycles. The normalized spacial score (nSPS) is 14.9. The molecule has 116 valence electrons. The monoisotopic (exact) mass is 289 g/mol. The van der Waals surface area contributed by atoms with Crippen LogP contribution in [0.2, 0.25) is 0 Å². The molecule has 1 aliphatic heterocycles. The Morgan fingerprint density at radius 3 is 2.81 bits per heavy atom. The Morgan fingerprint density at radius 1 is 1.33 bits per heavy atom. The second-order valence-corrected chi connectivity index (χ2v) is 6.99. The molecule has 1 aliphatic rings. The van der Waals surface area contributed by atoms with Crippen molar-refractivity contribution in [2.24, 2.45) is 5.41 Å². The van der Waals surface area contributed by atoms with Gasteiger partial charge in [0.05, 0.1) is 0 Å². The lowest BCUT2D eigenvalue weighted by molar-refractivity contribution is 0.0929. The Bertz CT molecular complexity index is 509. The highest BCUT2D eigenvalue weighted by Crippen LogP contribution is 2.17. The van der Waals surface area contributed by atoms with E-state index in [1.54, 1.807) is 0 Å². The number of fused-ring (bicyclic) bond motifs is 1. The van der Waals surface area contributed by atoms with Crippen molar-refractivity contribution in [3.8, 4) is 0 Å². The molecule has 1 heterocycles. The number of benzene rings is 1. The molecule has 1 amide bonds. The lowest BCUT2D eigenvalue weighted by Crippen LogP contribution is -2.40. The summed E-state index contributed by atoms with van der Waals surface area (Å²) in [5, 5.41) is 6.41. The van der Waals surface area contributed by atoms with Crippen LogP contribution in [0.3, 0.4) is 0 Å². The summed E-state index contributed by atoms with van der Waals surface area (Å²) >= 11 is 0. The zero-order chi connectivity index (χ0) is 15.5. The van der Waals surface area contributed by atoms with Crippen LogP contribution in [0.4, 0.5) is 0 Å². The van der Waals surface area contributed by atoms with Gasteiger partial charge in [-0.25, -0.2) is 0 Å². The van der Waals surface area contributed by atoms with Crippen LogP contribution < -0.4 is 10.6 Å². The largest absolute Gasteiger partial charge is 0.351 e. The van der Waals surface area contributed by atoms with Crippen LogP contribution in [0.5, 0.6) is 0 Å². The number of carbonyl (C=O) groups is 1. The number of hydrogen-bond donors (Lipinski definition) is 2. The SMILES string of the molecule is CN(C)CC(C)(C)CNC(=O)c1ccc2c(c1)CNCC2. The zero-order valence-corrected chi connectivity index (χ0v) is 13.6. The Labute approximate surface area is 127 Å². The van der Waals surface area contributed by atoms with Gasteiger partial charge in [0.25, 0.3) is 5.91 Å². The maximum absolute atomic E-state index is 12.3. The first kappa shape index (κ1) is 16.0. The molecule has 0 aromatic heterocycles. The Balaban J connectivity index is 1.97. The molecule has 0 radical (unpaired) electrons. The van der Waals surface area contributed by atoms with Crippen molar-refractivity contribution in [2.45, 2.75) is 26.8 Å². The number of nitrogens with one attached hydrogen (secondary N) is 2. The van der Waals surface area contributed by atoms with Gasteiger partial charge in [-0.15, -0.1) is 0 Å². The van der Waals surface area contributed by atoms with E-state index < -0.39 is 0 Å². The summed E-state index contributed by atoms with van der Waals surface area (Å²) in [5.74, 6) is 0.0233. The van der Waals surface area contributed by atoms with Crippen molar-refractivity contribution >= 4 is 5.91 Å². The van der Waals surface area contributed by atoms with Crippen LogP contribution in [0.1, 0.15) is 35.3 Å². The summed E-state index contributed by atoms with van der Waals surface area (Å²) in [6.07, 6.45) is 1.05. The molecule has 2 rings (SSSR count). The lowest BCUT2D eigenvalue weighted by Gasteiger charge is -2.28. The maximum atomic E-state index is 12.3.